The molecule has 23 heavy (non-hydrogen) atoms. The van der Waals surface area contributed by atoms with Gasteiger partial charge in [0, 0.05) is 28.0 Å². The van der Waals surface area contributed by atoms with Gasteiger partial charge in [-0.25, -0.2) is 5.10 Å². The smallest absolute Gasteiger partial charge is 0.264 e. The van der Waals surface area contributed by atoms with Gasteiger partial charge in [-0.1, -0.05) is 41.6 Å². The number of anilines is 1. The van der Waals surface area contributed by atoms with Gasteiger partial charge >= 0.3 is 0 Å². The largest absolute Gasteiger partial charge is 0.398 e. The second-order valence-electron chi connectivity index (χ2n) is 4.99. The van der Waals surface area contributed by atoms with E-state index in [1.54, 1.807) is 6.07 Å². The number of nitrogens with two attached hydrogens (primary N) is 1. The van der Waals surface area contributed by atoms with Crippen molar-refractivity contribution in [1.82, 2.24) is 10.2 Å². The van der Waals surface area contributed by atoms with Gasteiger partial charge in [-0.05, 0) is 35.9 Å². The normalized spacial score (nSPS) is 10.7. The van der Waals surface area contributed by atoms with E-state index in [4.69, 9.17) is 17.3 Å². The Kier molecular flexibility index (Phi) is 4.69. The number of aromatic amines is 1. The first-order valence-corrected chi connectivity index (χ1v) is 8.16. The van der Waals surface area contributed by atoms with Gasteiger partial charge in [0.15, 0.2) is 0 Å². The Labute approximate surface area is 142 Å². The lowest BCUT2D eigenvalue weighted by Gasteiger charge is -2.09. The van der Waals surface area contributed by atoms with Crippen LogP contribution in [0, 0.1) is 0 Å². The summed E-state index contributed by atoms with van der Waals surface area (Å²) in [4.78, 5) is 13.0. The van der Waals surface area contributed by atoms with Crippen LogP contribution < -0.4 is 11.3 Å². The second-order valence-corrected chi connectivity index (χ2v) is 6.48. The SMILES string of the molecule is Nc1ccc(Cc2ccc(=O)[nH]n2)cc1Sc1ccccc1Cl. The van der Waals surface area contributed by atoms with Crippen molar-refractivity contribution in [3.8, 4) is 0 Å². The van der Waals surface area contributed by atoms with Crippen LogP contribution in [0.5, 0.6) is 0 Å². The first-order valence-electron chi connectivity index (χ1n) is 6.97. The Morgan fingerprint density at radius 1 is 1.09 bits per heavy atom. The van der Waals surface area contributed by atoms with Crippen molar-refractivity contribution in [3.05, 3.63) is 81.2 Å². The summed E-state index contributed by atoms with van der Waals surface area (Å²) in [7, 11) is 0. The van der Waals surface area contributed by atoms with Crippen LogP contribution in [0.25, 0.3) is 0 Å². The molecule has 0 unspecified atom stereocenters. The van der Waals surface area contributed by atoms with Crippen molar-refractivity contribution in [2.45, 2.75) is 16.2 Å². The molecule has 6 heteroatoms. The standard InChI is InChI=1S/C17H14ClN3OS/c18-13-3-1-2-4-15(13)23-16-10-11(5-7-14(16)19)9-12-6-8-17(22)21-20-12/h1-8,10H,9,19H2,(H,21,22). The van der Waals surface area contributed by atoms with E-state index in [-0.39, 0.29) is 5.56 Å². The molecule has 0 radical (unpaired) electrons. The molecule has 116 valence electrons. The molecule has 0 bridgehead atoms. The number of hydrogen-bond donors (Lipinski definition) is 2. The summed E-state index contributed by atoms with van der Waals surface area (Å²) in [5.41, 5.74) is 8.43. The number of nitrogens with one attached hydrogen (secondary N) is 1. The Bertz CT molecular complexity index is 875. The highest BCUT2D eigenvalue weighted by Gasteiger charge is 2.07. The molecule has 0 amide bonds. The van der Waals surface area contributed by atoms with Gasteiger partial charge in [-0.2, -0.15) is 5.10 Å². The van der Waals surface area contributed by atoms with Gasteiger partial charge in [0.25, 0.3) is 5.56 Å². The van der Waals surface area contributed by atoms with Crippen LogP contribution in [0.4, 0.5) is 5.69 Å². The molecule has 0 aliphatic carbocycles. The van der Waals surface area contributed by atoms with Gasteiger partial charge in [0.2, 0.25) is 0 Å². The third-order valence-corrected chi connectivity index (χ3v) is 4.85. The Balaban J connectivity index is 1.85. The van der Waals surface area contributed by atoms with Crippen LogP contribution in [0.2, 0.25) is 5.02 Å². The monoisotopic (exact) mass is 343 g/mol. The third kappa shape index (κ3) is 3.94. The molecule has 3 rings (SSSR count). The summed E-state index contributed by atoms with van der Waals surface area (Å²) in [6.45, 7) is 0. The number of hydrogen-bond acceptors (Lipinski definition) is 4. The van der Waals surface area contributed by atoms with E-state index < -0.39 is 0 Å². The first-order chi connectivity index (χ1) is 11.1. The van der Waals surface area contributed by atoms with Gasteiger partial charge in [-0.15, -0.1) is 0 Å². The van der Waals surface area contributed by atoms with Crippen molar-refractivity contribution in [1.29, 1.82) is 0 Å². The minimum absolute atomic E-state index is 0.207. The van der Waals surface area contributed by atoms with Crippen molar-refractivity contribution < 1.29 is 0 Å². The number of rotatable bonds is 4. The predicted molar refractivity (Wildman–Crippen MR) is 94.1 cm³/mol. The Morgan fingerprint density at radius 2 is 1.91 bits per heavy atom. The average molecular weight is 344 g/mol. The van der Waals surface area contributed by atoms with Crippen molar-refractivity contribution in [2.75, 3.05) is 5.73 Å². The van der Waals surface area contributed by atoms with Crippen molar-refractivity contribution in [3.63, 3.8) is 0 Å². The number of benzene rings is 2. The van der Waals surface area contributed by atoms with Gasteiger partial charge < -0.3 is 5.73 Å². The molecule has 0 saturated heterocycles. The van der Waals surface area contributed by atoms with Gasteiger partial charge in [0.05, 0.1) is 10.7 Å². The molecular weight excluding hydrogens is 330 g/mol. The molecular formula is C17H14ClN3OS. The Hall–Kier alpha value is -2.24. The summed E-state index contributed by atoms with van der Waals surface area (Å²) < 4.78 is 0. The number of nitrogens with zero attached hydrogens (tertiary/aromatic N) is 1. The van der Waals surface area contributed by atoms with Crippen LogP contribution in [-0.4, -0.2) is 10.2 Å². The minimum atomic E-state index is -0.207. The fourth-order valence-electron chi connectivity index (χ4n) is 2.10. The maximum atomic E-state index is 11.1. The highest BCUT2D eigenvalue weighted by atomic mass is 35.5. The summed E-state index contributed by atoms with van der Waals surface area (Å²) in [5.74, 6) is 0. The zero-order valence-electron chi connectivity index (χ0n) is 12.1. The van der Waals surface area contributed by atoms with E-state index in [1.165, 1.54) is 17.8 Å². The molecule has 4 nitrogen and oxygen atoms in total. The molecule has 2 aromatic carbocycles. The number of aromatic nitrogens is 2. The minimum Gasteiger partial charge on any atom is -0.398 e. The van der Waals surface area contributed by atoms with Crippen LogP contribution in [0.15, 0.2) is 69.2 Å². The summed E-state index contributed by atoms with van der Waals surface area (Å²) in [5, 5.41) is 7.17. The average Bonchev–Trinajstić information content (AvgIpc) is 2.55. The molecule has 0 aliphatic rings. The fourth-order valence-corrected chi connectivity index (χ4v) is 3.30. The number of nitrogen functional groups attached to an aromatic ring is 1. The van der Waals surface area contributed by atoms with Crippen molar-refractivity contribution in [2.24, 2.45) is 0 Å². The molecule has 0 atom stereocenters. The van der Waals surface area contributed by atoms with E-state index in [1.807, 2.05) is 42.5 Å². The lowest BCUT2D eigenvalue weighted by Crippen LogP contribution is -2.07. The van der Waals surface area contributed by atoms with E-state index in [9.17, 15) is 4.79 Å². The van der Waals surface area contributed by atoms with Gasteiger partial charge in [-0.3, -0.25) is 4.79 Å². The summed E-state index contributed by atoms with van der Waals surface area (Å²) in [6, 6.07) is 16.7. The molecule has 3 aromatic rings. The molecule has 3 N–H and O–H groups in total. The molecule has 1 aromatic heterocycles. The second kappa shape index (κ2) is 6.89. The molecule has 0 fully saturated rings. The van der Waals surface area contributed by atoms with Crippen molar-refractivity contribution >= 4 is 29.1 Å². The maximum absolute atomic E-state index is 11.1. The maximum Gasteiger partial charge on any atom is 0.264 e. The highest BCUT2D eigenvalue weighted by Crippen LogP contribution is 2.36. The van der Waals surface area contributed by atoms with Crippen LogP contribution in [0.1, 0.15) is 11.3 Å². The van der Waals surface area contributed by atoms with E-state index in [0.29, 0.717) is 17.1 Å². The zero-order valence-corrected chi connectivity index (χ0v) is 13.7. The molecule has 0 spiro atoms. The topological polar surface area (TPSA) is 71.8 Å². The summed E-state index contributed by atoms with van der Waals surface area (Å²) >= 11 is 7.74. The number of halogens is 1. The number of H-pyrrole nitrogens is 1. The van der Waals surface area contributed by atoms with E-state index >= 15 is 0 Å². The molecule has 0 saturated carbocycles. The predicted octanol–water partition coefficient (Wildman–Crippen LogP) is 3.75. The van der Waals surface area contributed by atoms with E-state index in [0.717, 1.165) is 21.0 Å². The van der Waals surface area contributed by atoms with Crippen LogP contribution >= 0.6 is 23.4 Å². The van der Waals surface area contributed by atoms with E-state index in [2.05, 4.69) is 10.2 Å². The van der Waals surface area contributed by atoms with Crippen LogP contribution in [-0.2, 0) is 6.42 Å². The third-order valence-electron chi connectivity index (χ3n) is 3.26. The fraction of sp³-hybridized carbons (Fsp3) is 0.0588. The summed E-state index contributed by atoms with van der Waals surface area (Å²) in [6.07, 6.45) is 0.618. The first kappa shape index (κ1) is 15.6. The Morgan fingerprint density at radius 3 is 2.65 bits per heavy atom. The lowest BCUT2D eigenvalue weighted by molar-refractivity contribution is 0.909. The van der Waals surface area contributed by atoms with Gasteiger partial charge in [0.1, 0.15) is 0 Å². The molecule has 0 aliphatic heterocycles. The van der Waals surface area contributed by atoms with Crippen LogP contribution in [0.3, 0.4) is 0 Å². The lowest BCUT2D eigenvalue weighted by atomic mass is 10.1. The quantitative estimate of drug-likeness (QED) is 0.708. The molecule has 1 heterocycles. The highest BCUT2D eigenvalue weighted by molar-refractivity contribution is 7.99. The zero-order chi connectivity index (χ0) is 16.2.